The molecule has 0 amide bonds. The molecule has 0 aliphatic rings. The third-order valence-electron chi connectivity index (χ3n) is 1.69. The van der Waals surface area contributed by atoms with Gasteiger partial charge < -0.3 is 20.9 Å². The smallest absolute Gasteiger partial charge is 0.148 e. The molecule has 0 radical (unpaired) electrons. The van der Waals surface area contributed by atoms with Crippen molar-refractivity contribution in [1.82, 2.24) is 10.2 Å². The molecule has 0 fully saturated rings. The van der Waals surface area contributed by atoms with E-state index in [1.54, 1.807) is 12.1 Å². The van der Waals surface area contributed by atoms with Gasteiger partial charge in [-0.1, -0.05) is 0 Å². The van der Waals surface area contributed by atoms with Crippen molar-refractivity contribution in [1.29, 1.82) is 0 Å². The Labute approximate surface area is 88.5 Å². The minimum Gasteiger partial charge on any atom is -0.394 e. The topological polar surface area (TPSA) is 93.3 Å². The van der Waals surface area contributed by atoms with Gasteiger partial charge in [0.2, 0.25) is 0 Å². The molecule has 0 spiro atoms. The molecule has 0 aliphatic carbocycles. The number of anilines is 2. The van der Waals surface area contributed by atoms with E-state index in [9.17, 15) is 0 Å². The number of nitrogen functional groups attached to an aromatic ring is 1. The van der Waals surface area contributed by atoms with Crippen LogP contribution in [0.2, 0.25) is 0 Å². The normalized spacial score (nSPS) is 10.2. The Bertz CT molecular complexity index is 265. The molecule has 15 heavy (non-hydrogen) atoms. The number of nitrogens with zero attached hydrogens (tertiary/aromatic N) is 2. The third-order valence-corrected chi connectivity index (χ3v) is 1.69. The lowest BCUT2D eigenvalue weighted by atomic mass is 10.4. The molecule has 1 rings (SSSR count). The Hall–Kier alpha value is -1.40. The maximum atomic E-state index is 8.46. The first-order chi connectivity index (χ1) is 7.33. The van der Waals surface area contributed by atoms with Crippen LogP contribution in [0.4, 0.5) is 11.6 Å². The van der Waals surface area contributed by atoms with Crippen LogP contribution in [0.1, 0.15) is 6.42 Å². The standard InChI is InChI=1S/C9H16N4O2/c10-8-2-3-9(13-12-8)11-4-1-6-15-7-5-14/h2-3,14H,1,4-7H2,(H2,10,12)(H,11,13). The first-order valence-corrected chi connectivity index (χ1v) is 4.84. The zero-order valence-electron chi connectivity index (χ0n) is 8.52. The van der Waals surface area contributed by atoms with E-state index in [1.807, 2.05) is 0 Å². The van der Waals surface area contributed by atoms with Gasteiger partial charge in [0.25, 0.3) is 0 Å². The molecule has 0 aromatic carbocycles. The Morgan fingerprint density at radius 1 is 1.33 bits per heavy atom. The van der Waals surface area contributed by atoms with E-state index in [2.05, 4.69) is 15.5 Å². The van der Waals surface area contributed by atoms with Crippen LogP contribution in [0.5, 0.6) is 0 Å². The number of aliphatic hydroxyl groups is 1. The van der Waals surface area contributed by atoms with Gasteiger partial charge in [-0.3, -0.25) is 0 Å². The van der Waals surface area contributed by atoms with Crippen molar-refractivity contribution in [3.8, 4) is 0 Å². The maximum absolute atomic E-state index is 8.46. The molecule has 1 aromatic heterocycles. The van der Waals surface area contributed by atoms with Gasteiger partial charge in [-0.25, -0.2) is 0 Å². The number of nitrogens with two attached hydrogens (primary N) is 1. The minimum absolute atomic E-state index is 0.0663. The predicted octanol–water partition coefficient (Wildman–Crippen LogP) is -0.130. The lowest BCUT2D eigenvalue weighted by molar-refractivity contribution is 0.0922. The highest BCUT2D eigenvalue weighted by Gasteiger charge is 1.94. The Balaban J connectivity index is 2.07. The molecule has 4 N–H and O–H groups in total. The summed E-state index contributed by atoms with van der Waals surface area (Å²) in [6.07, 6.45) is 0.853. The summed E-state index contributed by atoms with van der Waals surface area (Å²) in [7, 11) is 0. The number of rotatable bonds is 7. The van der Waals surface area contributed by atoms with Gasteiger partial charge in [-0.15, -0.1) is 10.2 Å². The summed E-state index contributed by atoms with van der Waals surface area (Å²) in [6.45, 7) is 1.83. The monoisotopic (exact) mass is 212 g/mol. The molecule has 6 heteroatoms. The van der Waals surface area contributed by atoms with Crippen LogP contribution >= 0.6 is 0 Å². The number of ether oxygens (including phenoxy) is 1. The Morgan fingerprint density at radius 3 is 2.87 bits per heavy atom. The van der Waals surface area contributed by atoms with Crippen LogP contribution in [-0.2, 0) is 4.74 Å². The van der Waals surface area contributed by atoms with Crippen molar-refractivity contribution in [3.63, 3.8) is 0 Å². The molecule has 1 heterocycles. The number of aliphatic hydroxyl groups excluding tert-OH is 1. The fourth-order valence-electron chi connectivity index (χ4n) is 0.994. The lowest BCUT2D eigenvalue weighted by Gasteiger charge is -2.05. The Morgan fingerprint density at radius 2 is 2.20 bits per heavy atom. The first kappa shape index (κ1) is 11.7. The van der Waals surface area contributed by atoms with E-state index in [0.29, 0.717) is 24.8 Å². The van der Waals surface area contributed by atoms with E-state index in [0.717, 1.165) is 13.0 Å². The minimum atomic E-state index is 0.0663. The highest BCUT2D eigenvalue weighted by Crippen LogP contribution is 2.02. The fraction of sp³-hybridized carbons (Fsp3) is 0.556. The van der Waals surface area contributed by atoms with E-state index < -0.39 is 0 Å². The first-order valence-electron chi connectivity index (χ1n) is 4.84. The summed E-state index contributed by atoms with van der Waals surface area (Å²) >= 11 is 0. The zero-order chi connectivity index (χ0) is 10.9. The number of nitrogens with one attached hydrogen (secondary N) is 1. The highest BCUT2D eigenvalue weighted by molar-refractivity contribution is 5.38. The predicted molar refractivity (Wildman–Crippen MR) is 57.5 cm³/mol. The summed E-state index contributed by atoms with van der Waals surface area (Å²) in [4.78, 5) is 0. The van der Waals surface area contributed by atoms with Gasteiger partial charge in [0.1, 0.15) is 11.6 Å². The van der Waals surface area contributed by atoms with Crippen molar-refractivity contribution >= 4 is 11.6 Å². The summed E-state index contributed by atoms with van der Waals surface area (Å²) in [5.74, 6) is 1.11. The quantitative estimate of drug-likeness (QED) is 0.545. The maximum Gasteiger partial charge on any atom is 0.148 e. The summed E-state index contributed by atoms with van der Waals surface area (Å²) in [5, 5.41) is 19.1. The molecule has 1 aromatic rings. The molecule has 6 nitrogen and oxygen atoms in total. The van der Waals surface area contributed by atoms with Gasteiger partial charge in [0, 0.05) is 13.2 Å². The van der Waals surface area contributed by atoms with Crippen LogP contribution in [-0.4, -0.2) is 41.7 Å². The average Bonchev–Trinajstić information content (AvgIpc) is 2.26. The van der Waals surface area contributed by atoms with Crippen molar-refractivity contribution in [2.45, 2.75) is 6.42 Å². The second kappa shape index (κ2) is 6.97. The molecule has 0 saturated carbocycles. The molecular weight excluding hydrogens is 196 g/mol. The molecule has 0 aliphatic heterocycles. The van der Waals surface area contributed by atoms with Crippen molar-refractivity contribution < 1.29 is 9.84 Å². The molecule has 0 atom stereocenters. The van der Waals surface area contributed by atoms with Gasteiger partial charge in [-0.2, -0.15) is 0 Å². The third kappa shape index (κ3) is 5.14. The zero-order valence-corrected chi connectivity index (χ0v) is 8.52. The van der Waals surface area contributed by atoms with E-state index in [1.165, 1.54) is 0 Å². The number of hydrogen-bond acceptors (Lipinski definition) is 6. The van der Waals surface area contributed by atoms with Crippen LogP contribution in [0, 0.1) is 0 Å². The average molecular weight is 212 g/mol. The Kier molecular flexibility index (Phi) is 5.42. The van der Waals surface area contributed by atoms with Crippen LogP contribution < -0.4 is 11.1 Å². The van der Waals surface area contributed by atoms with Gasteiger partial charge in [-0.05, 0) is 18.6 Å². The van der Waals surface area contributed by atoms with Gasteiger partial charge in [0.05, 0.1) is 13.2 Å². The lowest BCUT2D eigenvalue weighted by Crippen LogP contribution is -2.09. The summed E-state index contributed by atoms with van der Waals surface area (Å²) in [5.41, 5.74) is 5.39. The molecule has 0 unspecified atom stereocenters. The summed E-state index contributed by atoms with van der Waals surface area (Å²) < 4.78 is 5.09. The molecular formula is C9H16N4O2. The van der Waals surface area contributed by atoms with Crippen molar-refractivity contribution in [3.05, 3.63) is 12.1 Å². The van der Waals surface area contributed by atoms with Crippen LogP contribution in [0.15, 0.2) is 12.1 Å². The molecule has 84 valence electrons. The van der Waals surface area contributed by atoms with Crippen LogP contribution in [0.25, 0.3) is 0 Å². The fourth-order valence-corrected chi connectivity index (χ4v) is 0.994. The van der Waals surface area contributed by atoms with Crippen molar-refractivity contribution in [2.24, 2.45) is 0 Å². The number of hydrogen-bond donors (Lipinski definition) is 3. The summed E-state index contributed by atoms with van der Waals surface area (Å²) in [6, 6.07) is 3.47. The van der Waals surface area contributed by atoms with E-state index in [-0.39, 0.29) is 6.61 Å². The number of aromatic nitrogens is 2. The molecule has 0 bridgehead atoms. The van der Waals surface area contributed by atoms with Gasteiger partial charge in [0.15, 0.2) is 0 Å². The largest absolute Gasteiger partial charge is 0.394 e. The highest BCUT2D eigenvalue weighted by atomic mass is 16.5. The van der Waals surface area contributed by atoms with E-state index in [4.69, 9.17) is 15.6 Å². The second-order valence-electron chi connectivity index (χ2n) is 2.96. The SMILES string of the molecule is Nc1ccc(NCCCOCCO)nn1. The van der Waals surface area contributed by atoms with Crippen molar-refractivity contribution in [2.75, 3.05) is 37.4 Å². The van der Waals surface area contributed by atoms with E-state index >= 15 is 0 Å². The second-order valence-corrected chi connectivity index (χ2v) is 2.96. The molecule has 0 saturated heterocycles. The van der Waals surface area contributed by atoms with Gasteiger partial charge >= 0.3 is 0 Å². The van der Waals surface area contributed by atoms with Crippen LogP contribution in [0.3, 0.4) is 0 Å².